The summed E-state index contributed by atoms with van der Waals surface area (Å²) in [6, 6.07) is 4.23. The van der Waals surface area contributed by atoms with Crippen LogP contribution >= 0.6 is 23.8 Å². The van der Waals surface area contributed by atoms with E-state index in [1.807, 2.05) is 0 Å². The fraction of sp³-hybridized carbons (Fsp3) is 0.154. The lowest BCUT2D eigenvalue weighted by Gasteiger charge is -2.05. The lowest BCUT2D eigenvalue weighted by atomic mass is 10.2. The molecule has 1 heterocycles. The number of nitrogens with zero attached hydrogens (tertiary/aromatic N) is 3. The van der Waals surface area contributed by atoms with Gasteiger partial charge in [-0.25, -0.2) is 14.1 Å². The minimum absolute atomic E-state index is 0.350. The third-order valence-corrected chi connectivity index (χ3v) is 3.11. The van der Waals surface area contributed by atoms with E-state index in [9.17, 15) is 4.39 Å². The second-order valence-corrected chi connectivity index (χ2v) is 4.94. The summed E-state index contributed by atoms with van der Waals surface area (Å²) in [5, 5.41) is 10.7. The largest absolute Gasteiger partial charge is 0.359 e. The Kier molecular flexibility index (Phi) is 5.24. The summed E-state index contributed by atoms with van der Waals surface area (Å²) in [6.07, 6.45) is 3.23. The van der Waals surface area contributed by atoms with Crippen LogP contribution in [0.25, 0.3) is 0 Å². The SMILES string of the molecule is C=CCNC(=S)Nc1ncn(Cc2ccc(F)cc2Cl)n1. The van der Waals surface area contributed by atoms with Crippen LogP contribution in [0.4, 0.5) is 10.3 Å². The molecule has 2 aromatic rings. The van der Waals surface area contributed by atoms with Gasteiger partial charge < -0.3 is 5.32 Å². The van der Waals surface area contributed by atoms with Crippen molar-refractivity contribution in [2.45, 2.75) is 6.54 Å². The summed E-state index contributed by atoms with van der Waals surface area (Å²) in [4.78, 5) is 4.08. The first-order chi connectivity index (χ1) is 10.1. The van der Waals surface area contributed by atoms with E-state index in [0.29, 0.717) is 29.2 Å². The molecule has 1 aromatic carbocycles. The molecule has 0 aliphatic carbocycles. The number of hydrogen-bond acceptors (Lipinski definition) is 3. The maximum Gasteiger partial charge on any atom is 0.248 e. The summed E-state index contributed by atoms with van der Waals surface area (Å²) in [7, 11) is 0. The smallest absolute Gasteiger partial charge is 0.248 e. The fourth-order valence-corrected chi connectivity index (χ4v) is 1.96. The van der Waals surface area contributed by atoms with Gasteiger partial charge in [0.15, 0.2) is 5.11 Å². The molecule has 0 fully saturated rings. The highest BCUT2D eigenvalue weighted by Gasteiger charge is 2.06. The summed E-state index contributed by atoms with van der Waals surface area (Å²) < 4.78 is 14.6. The molecule has 0 amide bonds. The zero-order chi connectivity index (χ0) is 15.2. The van der Waals surface area contributed by atoms with E-state index in [4.69, 9.17) is 23.8 Å². The second-order valence-electron chi connectivity index (χ2n) is 4.13. The van der Waals surface area contributed by atoms with E-state index >= 15 is 0 Å². The van der Waals surface area contributed by atoms with Crippen LogP contribution in [-0.2, 0) is 6.54 Å². The Hall–Kier alpha value is -1.99. The van der Waals surface area contributed by atoms with Gasteiger partial charge in [-0.3, -0.25) is 5.32 Å². The molecule has 0 bridgehead atoms. The Balaban J connectivity index is 1.99. The van der Waals surface area contributed by atoms with Gasteiger partial charge in [-0.15, -0.1) is 11.7 Å². The summed E-state index contributed by atoms with van der Waals surface area (Å²) >= 11 is 11.0. The van der Waals surface area contributed by atoms with Gasteiger partial charge >= 0.3 is 0 Å². The van der Waals surface area contributed by atoms with Gasteiger partial charge in [0.1, 0.15) is 12.1 Å². The Morgan fingerprint density at radius 1 is 1.52 bits per heavy atom. The normalized spacial score (nSPS) is 10.2. The van der Waals surface area contributed by atoms with Gasteiger partial charge in [0.25, 0.3) is 0 Å². The standard InChI is InChI=1S/C13H13ClFN5S/c1-2-5-16-13(21)18-12-17-8-20(19-12)7-9-3-4-10(15)6-11(9)14/h2-4,6,8H,1,5,7H2,(H2,16,18,19,21). The third-order valence-electron chi connectivity index (χ3n) is 2.52. The van der Waals surface area contributed by atoms with E-state index in [1.54, 1.807) is 16.8 Å². The van der Waals surface area contributed by atoms with Gasteiger partial charge in [-0.05, 0) is 29.9 Å². The van der Waals surface area contributed by atoms with E-state index in [1.165, 1.54) is 18.5 Å². The van der Waals surface area contributed by atoms with Crippen LogP contribution in [-0.4, -0.2) is 26.4 Å². The minimum atomic E-state index is -0.372. The van der Waals surface area contributed by atoms with Crippen molar-refractivity contribution in [2.75, 3.05) is 11.9 Å². The second kappa shape index (κ2) is 7.14. The lowest BCUT2D eigenvalue weighted by Crippen LogP contribution is -2.28. The predicted octanol–water partition coefficient (Wildman–Crippen LogP) is 2.59. The van der Waals surface area contributed by atoms with Crippen molar-refractivity contribution in [1.29, 1.82) is 0 Å². The molecule has 1 aromatic heterocycles. The lowest BCUT2D eigenvalue weighted by molar-refractivity contribution is 0.624. The first kappa shape index (κ1) is 15.4. The number of hydrogen-bond donors (Lipinski definition) is 2. The van der Waals surface area contributed by atoms with Crippen LogP contribution in [0.5, 0.6) is 0 Å². The molecule has 0 unspecified atom stereocenters. The van der Waals surface area contributed by atoms with Crippen LogP contribution in [0.1, 0.15) is 5.56 Å². The third kappa shape index (κ3) is 4.51. The molecule has 2 rings (SSSR count). The summed E-state index contributed by atoms with van der Waals surface area (Å²) in [6.45, 7) is 4.52. The molecule has 2 N–H and O–H groups in total. The molecule has 0 aliphatic rings. The molecule has 0 saturated heterocycles. The van der Waals surface area contributed by atoms with Crippen LogP contribution in [0.3, 0.4) is 0 Å². The van der Waals surface area contributed by atoms with Crippen LogP contribution in [0, 0.1) is 5.82 Å². The van der Waals surface area contributed by atoms with Gasteiger partial charge in [-0.2, -0.15) is 0 Å². The number of aromatic nitrogens is 3. The zero-order valence-electron chi connectivity index (χ0n) is 11.0. The molecular formula is C13H13ClFN5S. The minimum Gasteiger partial charge on any atom is -0.359 e. The Morgan fingerprint density at radius 2 is 2.33 bits per heavy atom. The maximum absolute atomic E-state index is 13.0. The van der Waals surface area contributed by atoms with Gasteiger partial charge in [0.05, 0.1) is 6.54 Å². The van der Waals surface area contributed by atoms with Gasteiger partial charge in [0.2, 0.25) is 5.95 Å². The molecule has 0 spiro atoms. The highest BCUT2D eigenvalue weighted by atomic mass is 35.5. The molecule has 8 heteroatoms. The van der Waals surface area contributed by atoms with E-state index in [0.717, 1.165) is 5.56 Å². The number of halogens is 2. The number of anilines is 1. The van der Waals surface area contributed by atoms with Gasteiger partial charge in [0, 0.05) is 11.6 Å². The van der Waals surface area contributed by atoms with Crippen molar-refractivity contribution in [3.63, 3.8) is 0 Å². The van der Waals surface area contributed by atoms with Crippen LogP contribution in [0.2, 0.25) is 5.02 Å². The first-order valence-electron chi connectivity index (χ1n) is 6.07. The molecule has 21 heavy (non-hydrogen) atoms. The van der Waals surface area contributed by atoms with E-state index < -0.39 is 0 Å². The molecular weight excluding hydrogens is 313 g/mol. The Morgan fingerprint density at radius 3 is 3.05 bits per heavy atom. The Bertz CT molecular complexity index is 658. The quantitative estimate of drug-likeness (QED) is 0.653. The van der Waals surface area contributed by atoms with Crippen molar-refractivity contribution in [3.05, 3.63) is 53.6 Å². The number of benzene rings is 1. The van der Waals surface area contributed by atoms with Crippen molar-refractivity contribution in [2.24, 2.45) is 0 Å². The van der Waals surface area contributed by atoms with E-state index in [-0.39, 0.29) is 5.82 Å². The number of nitrogens with one attached hydrogen (secondary N) is 2. The highest BCUT2D eigenvalue weighted by Crippen LogP contribution is 2.18. The molecule has 0 radical (unpaired) electrons. The van der Waals surface area contributed by atoms with Gasteiger partial charge in [-0.1, -0.05) is 23.7 Å². The molecule has 0 saturated carbocycles. The monoisotopic (exact) mass is 325 g/mol. The first-order valence-corrected chi connectivity index (χ1v) is 6.86. The van der Waals surface area contributed by atoms with Crippen molar-refractivity contribution in [3.8, 4) is 0 Å². The summed E-state index contributed by atoms with van der Waals surface area (Å²) in [5.41, 5.74) is 0.752. The number of rotatable bonds is 5. The fourth-order valence-electron chi connectivity index (χ4n) is 1.56. The van der Waals surface area contributed by atoms with E-state index in [2.05, 4.69) is 27.3 Å². The van der Waals surface area contributed by atoms with Crippen molar-refractivity contribution in [1.82, 2.24) is 20.1 Å². The number of thiocarbonyl (C=S) groups is 1. The molecule has 0 atom stereocenters. The average molecular weight is 326 g/mol. The zero-order valence-corrected chi connectivity index (χ0v) is 12.6. The maximum atomic E-state index is 13.0. The van der Waals surface area contributed by atoms with Crippen molar-refractivity contribution < 1.29 is 4.39 Å². The molecule has 0 aliphatic heterocycles. The summed E-state index contributed by atoms with van der Waals surface area (Å²) in [5.74, 6) is -0.00173. The topological polar surface area (TPSA) is 54.8 Å². The average Bonchev–Trinajstić information content (AvgIpc) is 2.87. The predicted molar refractivity (Wildman–Crippen MR) is 85.0 cm³/mol. The van der Waals surface area contributed by atoms with Crippen LogP contribution < -0.4 is 10.6 Å². The van der Waals surface area contributed by atoms with Crippen LogP contribution in [0.15, 0.2) is 37.2 Å². The molecule has 110 valence electrons. The van der Waals surface area contributed by atoms with Crippen molar-refractivity contribution >= 4 is 34.9 Å². The molecule has 5 nitrogen and oxygen atoms in total. The highest BCUT2D eigenvalue weighted by molar-refractivity contribution is 7.80. The Labute approximate surface area is 131 Å².